The molecule has 3 heterocycles. The van der Waals surface area contributed by atoms with Gasteiger partial charge in [-0.05, 0) is 75.6 Å². The van der Waals surface area contributed by atoms with Crippen LogP contribution in [0, 0.1) is 0 Å². The van der Waals surface area contributed by atoms with E-state index < -0.39 is 16.3 Å². The van der Waals surface area contributed by atoms with Gasteiger partial charge in [0.25, 0.3) is 5.91 Å². The number of benzene rings is 2. The number of hydrogen-bond acceptors (Lipinski definition) is 7. The molecule has 4 aromatic rings. The summed E-state index contributed by atoms with van der Waals surface area (Å²) in [5.74, 6) is -0.148. The second-order valence-electron chi connectivity index (χ2n) is 12.1. The molecule has 1 aliphatic heterocycles. The first-order chi connectivity index (χ1) is 22.4. The molecule has 2 amide bonds. The highest BCUT2D eigenvalue weighted by atomic mass is 35.5. The molecule has 0 atom stereocenters. The number of nitrogens with zero attached hydrogens (tertiary/aromatic N) is 5. The Balaban J connectivity index is 1.25. The standard InChI is InChI=1S/C34H35Cl4N5O4/c1-34(2,3)46-33(45)42-19-17-41(18-20-42)23-13-11-22(12-14-23)7-6-16-43(32(44)31(37)38)27-10-5-15-39-30(27)28-21-26(40-47-28)29-24(35)8-4-9-25(29)36/h4-5,8-15,21,31H,6-7,16-20H2,1-3H3. The Morgan fingerprint density at radius 3 is 2.30 bits per heavy atom. The summed E-state index contributed by atoms with van der Waals surface area (Å²) >= 11 is 24.9. The number of halogens is 4. The minimum Gasteiger partial charge on any atom is -0.444 e. The van der Waals surface area contributed by atoms with Gasteiger partial charge in [0.15, 0.2) is 10.6 Å². The van der Waals surface area contributed by atoms with Crippen molar-refractivity contribution in [3.63, 3.8) is 0 Å². The smallest absolute Gasteiger partial charge is 0.410 e. The Bertz CT molecular complexity index is 1680. The molecule has 2 aromatic carbocycles. The van der Waals surface area contributed by atoms with E-state index in [1.165, 1.54) is 4.90 Å². The topological polar surface area (TPSA) is 92.0 Å². The van der Waals surface area contributed by atoms with Crippen LogP contribution in [0.1, 0.15) is 32.8 Å². The number of amides is 2. The number of anilines is 2. The Morgan fingerprint density at radius 2 is 1.66 bits per heavy atom. The van der Waals surface area contributed by atoms with Crippen LogP contribution in [-0.2, 0) is 16.0 Å². The van der Waals surface area contributed by atoms with Crippen LogP contribution in [0.25, 0.3) is 22.7 Å². The lowest BCUT2D eigenvalue weighted by Gasteiger charge is -2.36. The maximum atomic E-state index is 13.3. The Morgan fingerprint density at radius 1 is 0.979 bits per heavy atom. The largest absolute Gasteiger partial charge is 0.444 e. The molecule has 248 valence electrons. The average Bonchev–Trinajstić information content (AvgIpc) is 3.52. The van der Waals surface area contributed by atoms with Gasteiger partial charge in [0.2, 0.25) is 0 Å². The summed E-state index contributed by atoms with van der Waals surface area (Å²) in [4.78, 5) is 34.4. The summed E-state index contributed by atoms with van der Waals surface area (Å²) in [6.07, 6.45) is 2.66. The van der Waals surface area contributed by atoms with Crippen LogP contribution in [0.15, 0.2) is 71.4 Å². The summed E-state index contributed by atoms with van der Waals surface area (Å²) in [5, 5.41) is 5.02. The third kappa shape index (κ3) is 8.70. The van der Waals surface area contributed by atoms with Crippen molar-refractivity contribution < 1.29 is 18.8 Å². The van der Waals surface area contributed by atoms with Crippen molar-refractivity contribution in [2.75, 3.05) is 42.5 Å². The summed E-state index contributed by atoms with van der Waals surface area (Å²) in [6, 6.07) is 18.7. The van der Waals surface area contributed by atoms with Crippen molar-refractivity contribution in [1.82, 2.24) is 15.0 Å². The number of rotatable bonds is 9. The second-order valence-corrected chi connectivity index (χ2v) is 14.0. The lowest BCUT2D eigenvalue weighted by atomic mass is 10.1. The molecule has 0 saturated carbocycles. The number of ether oxygens (including phenoxy) is 1. The number of hydrogen-bond donors (Lipinski definition) is 0. The van der Waals surface area contributed by atoms with E-state index in [-0.39, 0.29) is 6.09 Å². The zero-order valence-electron chi connectivity index (χ0n) is 26.3. The summed E-state index contributed by atoms with van der Waals surface area (Å²) in [6.45, 7) is 8.58. The molecule has 1 aliphatic rings. The number of aromatic nitrogens is 2. The molecule has 0 N–H and O–H groups in total. The van der Waals surface area contributed by atoms with Crippen molar-refractivity contribution in [1.29, 1.82) is 0 Å². The van der Waals surface area contributed by atoms with E-state index in [0.717, 1.165) is 24.3 Å². The molecule has 5 rings (SSSR count). The van der Waals surface area contributed by atoms with Gasteiger partial charge in [-0.2, -0.15) is 0 Å². The summed E-state index contributed by atoms with van der Waals surface area (Å²) in [7, 11) is 0. The number of alkyl halides is 2. The van der Waals surface area contributed by atoms with E-state index in [4.69, 9.17) is 55.7 Å². The van der Waals surface area contributed by atoms with Gasteiger partial charge in [-0.1, -0.05) is 69.8 Å². The normalized spacial score (nSPS) is 13.6. The summed E-state index contributed by atoms with van der Waals surface area (Å²) < 4.78 is 11.2. The third-order valence-corrected chi connectivity index (χ3v) is 8.58. The van der Waals surface area contributed by atoms with Gasteiger partial charge in [0.1, 0.15) is 17.0 Å². The predicted molar refractivity (Wildman–Crippen MR) is 188 cm³/mol. The van der Waals surface area contributed by atoms with Gasteiger partial charge in [-0.25, -0.2) is 4.79 Å². The summed E-state index contributed by atoms with van der Waals surface area (Å²) in [5.41, 5.74) is 3.54. The van der Waals surface area contributed by atoms with Gasteiger partial charge in [-0.3, -0.25) is 9.78 Å². The Kier molecular flexibility index (Phi) is 11.2. The highest BCUT2D eigenvalue weighted by Crippen LogP contribution is 2.37. The van der Waals surface area contributed by atoms with E-state index in [0.29, 0.717) is 70.9 Å². The van der Waals surface area contributed by atoms with E-state index in [1.54, 1.807) is 47.5 Å². The Labute approximate surface area is 294 Å². The van der Waals surface area contributed by atoms with Gasteiger partial charge in [-0.15, -0.1) is 0 Å². The first-order valence-electron chi connectivity index (χ1n) is 15.2. The van der Waals surface area contributed by atoms with E-state index in [1.807, 2.05) is 20.8 Å². The number of pyridine rings is 1. The fourth-order valence-electron chi connectivity index (χ4n) is 5.31. The van der Waals surface area contributed by atoms with Gasteiger partial charge >= 0.3 is 6.09 Å². The van der Waals surface area contributed by atoms with Crippen molar-refractivity contribution in [2.24, 2.45) is 0 Å². The number of aryl methyl sites for hydroxylation is 1. The van der Waals surface area contributed by atoms with Gasteiger partial charge in [0.05, 0.1) is 15.7 Å². The second kappa shape index (κ2) is 15.2. The van der Waals surface area contributed by atoms with Crippen LogP contribution in [0.2, 0.25) is 10.0 Å². The van der Waals surface area contributed by atoms with Crippen molar-refractivity contribution >= 4 is 69.8 Å². The van der Waals surface area contributed by atoms with Crippen LogP contribution in [-0.4, -0.2) is 70.2 Å². The first kappa shape index (κ1) is 34.8. The molecule has 47 heavy (non-hydrogen) atoms. The molecule has 0 unspecified atom stereocenters. The van der Waals surface area contributed by atoms with Crippen molar-refractivity contribution in [3.05, 3.63) is 82.5 Å². The van der Waals surface area contributed by atoms with Crippen LogP contribution in [0.5, 0.6) is 0 Å². The molecule has 0 aliphatic carbocycles. The minimum atomic E-state index is -1.27. The van der Waals surface area contributed by atoms with Crippen LogP contribution in [0.4, 0.5) is 16.2 Å². The fraction of sp³-hybridized carbons (Fsp3) is 0.353. The van der Waals surface area contributed by atoms with Crippen molar-refractivity contribution in [2.45, 2.75) is 44.1 Å². The molecule has 0 radical (unpaired) electrons. The van der Waals surface area contributed by atoms with Gasteiger partial charge in [0, 0.05) is 56.2 Å². The third-order valence-electron chi connectivity index (χ3n) is 7.57. The predicted octanol–water partition coefficient (Wildman–Crippen LogP) is 8.54. The van der Waals surface area contributed by atoms with E-state index >= 15 is 0 Å². The van der Waals surface area contributed by atoms with Crippen LogP contribution >= 0.6 is 46.4 Å². The molecular formula is C34H35Cl4N5O4. The average molecular weight is 719 g/mol. The lowest BCUT2D eigenvalue weighted by Crippen LogP contribution is -2.50. The molecular weight excluding hydrogens is 684 g/mol. The fourth-order valence-corrected chi connectivity index (χ4v) is 6.13. The van der Waals surface area contributed by atoms with Gasteiger partial charge < -0.3 is 24.0 Å². The molecule has 0 bridgehead atoms. The molecule has 1 saturated heterocycles. The number of carbonyl (C=O) groups is 2. The zero-order valence-corrected chi connectivity index (χ0v) is 29.3. The lowest BCUT2D eigenvalue weighted by molar-refractivity contribution is -0.117. The minimum absolute atomic E-state index is 0.277. The molecule has 2 aromatic heterocycles. The maximum absolute atomic E-state index is 13.3. The maximum Gasteiger partial charge on any atom is 0.410 e. The van der Waals surface area contributed by atoms with Crippen LogP contribution in [0.3, 0.4) is 0 Å². The van der Waals surface area contributed by atoms with E-state index in [9.17, 15) is 9.59 Å². The van der Waals surface area contributed by atoms with E-state index in [2.05, 4.69) is 39.3 Å². The van der Waals surface area contributed by atoms with Crippen LogP contribution < -0.4 is 9.80 Å². The highest BCUT2D eigenvalue weighted by Gasteiger charge is 2.28. The number of carbonyl (C=O) groups excluding carboxylic acids is 2. The molecule has 9 nitrogen and oxygen atoms in total. The molecule has 1 fully saturated rings. The zero-order chi connectivity index (χ0) is 33.7. The molecule has 0 spiro atoms. The SMILES string of the molecule is CC(C)(C)OC(=O)N1CCN(c2ccc(CCCN(C(=O)C(Cl)Cl)c3cccnc3-c3cc(-c4c(Cl)cccc4Cl)no3)cc2)CC1. The number of piperazine rings is 1. The molecule has 13 heteroatoms. The Hall–Kier alpha value is -3.50. The quantitative estimate of drug-likeness (QED) is 0.160. The monoisotopic (exact) mass is 717 g/mol. The highest BCUT2D eigenvalue weighted by molar-refractivity contribution is 6.54. The first-order valence-corrected chi connectivity index (χ1v) is 16.8. The van der Waals surface area contributed by atoms with Crippen molar-refractivity contribution in [3.8, 4) is 22.7 Å².